The molecule has 1 aliphatic carbocycles. The molecule has 0 amide bonds. The van der Waals surface area contributed by atoms with Gasteiger partial charge in [0.15, 0.2) is 0 Å². The van der Waals surface area contributed by atoms with E-state index in [1.165, 1.54) is 36.8 Å². The van der Waals surface area contributed by atoms with Crippen molar-refractivity contribution in [2.45, 2.75) is 31.8 Å². The molecule has 2 aromatic rings. The van der Waals surface area contributed by atoms with Gasteiger partial charge in [-0.15, -0.1) is 0 Å². The van der Waals surface area contributed by atoms with E-state index in [4.69, 9.17) is 4.42 Å². The van der Waals surface area contributed by atoms with Crippen LogP contribution in [0.5, 0.6) is 0 Å². The average molecular weight is 570 g/mol. The number of aryl methyl sites for hydroxylation is 1. The van der Waals surface area contributed by atoms with Gasteiger partial charge < -0.3 is 8.98 Å². The van der Waals surface area contributed by atoms with Crippen molar-refractivity contribution in [1.82, 2.24) is 9.55 Å². The smallest absolute Gasteiger partial charge is 0.472 e. The van der Waals surface area contributed by atoms with Crippen molar-refractivity contribution < 1.29 is 26.0 Å². The van der Waals surface area contributed by atoms with Gasteiger partial charge in [0.1, 0.15) is 5.82 Å². The average Bonchev–Trinajstić information content (AvgIpc) is 3.07. The minimum atomic E-state index is -5.65. The van der Waals surface area contributed by atoms with Gasteiger partial charge in [-0.25, -0.2) is 0 Å². The van der Waals surface area contributed by atoms with E-state index in [1.807, 2.05) is 6.92 Å². The second-order valence-corrected chi connectivity index (χ2v) is 10.2. The van der Waals surface area contributed by atoms with Crippen LogP contribution in [0, 0.1) is 0 Å². The van der Waals surface area contributed by atoms with Crippen LogP contribution in [0.15, 0.2) is 68.8 Å². The molecule has 0 radical (unpaired) electrons. The number of nitrogens with one attached hydrogen (secondary N) is 1. The minimum absolute atomic E-state index is 0.227. The van der Waals surface area contributed by atoms with Crippen molar-refractivity contribution in [1.29, 1.82) is 0 Å². The monoisotopic (exact) mass is 569 g/mol. The fourth-order valence-electron chi connectivity index (χ4n) is 3.85. The lowest BCUT2D eigenvalue weighted by Gasteiger charge is -2.17. The van der Waals surface area contributed by atoms with Crippen molar-refractivity contribution in [3.63, 3.8) is 0 Å². The van der Waals surface area contributed by atoms with E-state index in [0.29, 0.717) is 33.4 Å². The van der Waals surface area contributed by atoms with Crippen molar-refractivity contribution in [3.05, 3.63) is 81.3 Å². The molecule has 0 saturated carbocycles. The maximum atomic E-state index is 13.1. The van der Waals surface area contributed by atoms with E-state index in [9.17, 15) is 26.4 Å². The van der Waals surface area contributed by atoms with Gasteiger partial charge in [-0.05, 0) is 45.6 Å². The third-order valence-corrected chi connectivity index (χ3v) is 7.31. The highest BCUT2D eigenvalue weighted by molar-refractivity contribution is 9.10. The number of halogens is 4. The summed E-state index contributed by atoms with van der Waals surface area (Å²) in [6.45, 7) is 2.18. The first-order valence-corrected chi connectivity index (χ1v) is 12.7. The highest BCUT2D eigenvalue weighted by Crippen LogP contribution is 2.48. The van der Waals surface area contributed by atoms with Crippen molar-refractivity contribution >= 4 is 31.6 Å². The highest BCUT2D eigenvalue weighted by atomic mass is 79.9. The number of sulfonamides is 1. The quantitative estimate of drug-likeness (QED) is 0.311. The molecule has 1 aromatic heterocycles. The molecule has 1 aliphatic heterocycles. The Morgan fingerprint density at radius 2 is 1.86 bits per heavy atom. The van der Waals surface area contributed by atoms with Crippen LogP contribution in [0.3, 0.4) is 0 Å². The Kier molecular flexibility index (Phi) is 6.78. The number of para-hydroxylation sites is 1. The van der Waals surface area contributed by atoms with E-state index in [1.54, 1.807) is 27.6 Å². The van der Waals surface area contributed by atoms with Crippen LogP contribution >= 0.6 is 15.9 Å². The van der Waals surface area contributed by atoms with Gasteiger partial charge in [-0.1, -0.05) is 25.1 Å². The molecule has 35 heavy (non-hydrogen) atoms. The summed E-state index contributed by atoms with van der Waals surface area (Å²) in [5, 5.41) is 0. The number of aromatic nitrogens is 2. The Morgan fingerprint density at radius 3 is 2.57 bits per heavy atom. The van der Waals surface area contributed by atoms with E-state index < -0.39 is 15.5 Å². The Bertz CT molecular complexity index is 1510. The van der Waals surface area contributed by atoms with E-state index >= 15 is 0 Å². The number of anilines is 1. The fourth-order valence-corrected chi connectivity index (χ4v) is 5.19. The molecule has 2 heterocycles. The fraction of sp³-hybridized carbons (Fsp3) is 0.217. The zero-order valence-electron chi connectivity index (χ0n) is 18.3. The summed E-state index contributed by atoms with van der Waals surface area (Å²) in [4.78, 5) is 15.9. The molecule has 7 nitrogen and oxygen atoms in total. The maximum absolute atomic E-state index is 13.1. The summed E-state index contributed by atoms with van der Waals surface area (Å²) in [5.74, 6) is 0.558. The molecule has 0 fully saturated rings. The van der Waals surface area contributed by atoms with E-state index in [-0.39, 0.29) is 23.4 Å². The van der Waals surface area contributed by atoms with Gasteiger partial charge in [0.05, 0.1) is 18.2 Å². The summed E-state index contributed by atoms with van der Waals surface area (Å²) in [5.41, 5.74) is -3.27. The summed E-state index contributed by atoms with van der Waals surface area (Å²) < 4.78 is 72.4. The molecule has 0 saturated heterocycles. The molecular weight excluding hydrogens is 551 g/mol. The molecule has 2 aliphatic rings. The van der Waals surface area contributed by atoms with Gasteiger partial charge in [0.2, 0.25) is 0 Å². The SMILES string of the molecule is CCCc1nc(=O)ccn1Cc1c2ccocc-2c(Br)c1-c1ccccc1NS(=O)(=O)C(F)(F)F. The number of nitrogens with zero attached hydrogens (tertiary/aromatic N) is 2. The summed E-state index contributed by atoms with van der Waals surface area (Å²) >= 11 is 3.53. The zero-order valence-corrected chi connectivity index (χ0v) is 20.7. The molecule has 0 spiro atoms. The van der Waals surface area contributed by atoms with Crippen molar-refractivity contribution in [2.24, 2.45) is 0 Å². The number of hydrogen-bond acceptors (Lipinski definition) is 5. The van der Waals surface area contributed by atoms with Crippen LogP contribution in [0.1, 0.15) is 24.7 Å². The molecule has 1 aromatic carbocycles. The predicted octanol–water partition coefficient (Wildman–Crippen LogP) is 5.63. The Morgan fingerprint density at radius 1 is 1.11 bits per heavy atom. The zero-order chi connectivity index (χ0) is 25.4. The molecule has 184 valence electrons. The lowest BCUT2D eigenvalue weighted by Crippen LogP contribution is -2.30. The third-order valence-electron chi connectivity index (χ3n) is 5.39. The topological polar surface area (TPSA) is 94.2 Å². The van der Waals surface area contributed by atoms with Gasteiger partial charge in [-0.3, -0.25) is 9.52 Å². The van der Waals surface area contributed by atoms with Gasteiger partial charge in [0.25, 0.3) is 5.56 Å². The number of alkyl halides is 3. The van der Waals surface area contributed by atoms with Crippen LogP contribution in [-0.4, -0.2) is 23.5 Å². The van der Waals surface area contributed by atoms with Crippen LogP contribution in [0.4, 0.5) is 18.9 Å². The Hall–Kier alpha value is -3.12. The molecule has 12 heteroatoms. The molecule has 4 rings (SSSR count). The number of benzene rings is 1. The number of fused-ring (bicyclic) bond motifs is 1. The van der Waals surface area contributed by atoms with Crippen molar-refractivity contribution in [2.75, 3.05) is 4.72 Å². The van der Waals surface area contributed by atoms with Gasteiger partial charge >= 0.3 is 15.5 Å². The second kappa shape index (κ2) is 9.50. The summed E-state index contributed by atoms with van der Waals surface area (Å²) in [6.07, 6.45) is 5.86. The summed E-state index contributed by atoms with van der Waals surface area (Å²) in [6, 6.07) is 8.89. The first kappa shape index (κ1) is 25.0. The highest BCUT2D eigenvalue weighted by Gasteiger charge is 2.46. The standard InChI is InChI=1S/C23H19BrF3N3O4S/c1-2-5-19-28-20(31)8-10-30(19)12-16-14-9-11-34-13-17(14)22(24)21(16)15-6-3-4-7-18(15)29-35(32,33)23(25,26)27/h3-4,6-11,13,29H,2,5,12H2,1H3. The van der Waals surface area contributed by atoms with Crippen LogP contribution in [-0.2, 0) is 23.0 Å². The second-order valence-electron chi connectivity index (χ2n) is 7.71. The Labute approximate surface area is 207 Å². The molecule has 0 atom stereocenters. The van der Waals surface area contributed by atoms with E-state index in [2.05, 4.69) is 20.9 Å². The summed E-state index contributed by atoms with van der Waals surface area (Å²) in [7, 11) is -5.65. The molecular formula is C23H19BrF3N3O4S. The Balaban J connectivity index is 1.94. The minimum Gasteiger partial charge on any atom is -0.472 e. The predicted molar refractivity (Wildman–Crippen MR) is 129 cm³/mol. The van der Waals surface area contributed by atoms with Crippen LogP contribution in [0.2, 0.25) is 0 Å². The van der Waals surface area contributed by atoms with Crippen LogP contribution < -0.4 is 10.3 Å². The molecule has 0 bridgehead atoms. The van der Waals surface area contributed by atoms with E-state index in [0.717, 1.165) is 12.0 Å². The third kappa shape index (κ3) is 4.85. The normalized spacial score (nSPS) is 12.3. The molecule has 0 unspecified atom stereocenters. The largest absolute Gasteiger partial charge is 0.516 e. The first-order valence-electron chi connectivity index (χ1n) is 10.4. The van der Waals surface area contributed by atoms with Gasteiger partial charge in [0, 0.05) is 46.4 Å². The number of rotatable bonds is 7. The maximum Gasteiger partial charge on any atom is 0.516 e. The van der Waals surface area contributed by atoms with Crippen molar-refractivity contribution in [3.8, 4) is 22.3 Å². The molecule has 1 N–H and O–H groups in total. The van der Waals surface area contributed by atoms with Gasteiger partial charge in [-0.2, -0.15) is 26.6 Å². The lowest BCUT2D eigenvalue weighted by atomic mass is 10.0. The lowest BCUT2D eigenvalue weighted by molar-refractivity contribution is -0.0429. The first-order chi connectivity index (χ1) is 16.5. The number of hydrogen-bond donors (Lipinski definition) is 1. The van der Waals surface area contributed by atoms with Crippen LogP contribution in [0.25, 0.3) is 22.3 Å².